The Kier molecular flexibility index (Phi) is 5.01. The van der Waals surface area contributed by atoms with Gasteiger partial charge in [-0.05, 0) is 52.2 Å². The summed E-state index contributed by atoms with van der Waals surface area (Å²) in [5.74, 6) is -0.185. The largest absolute Gasteiger partial charge is 0.321 e. The third-order valence-corrected chi connectivity index (χ3v) is 4.10. The van der Waals surface area contributed by atoms with E-state index in [2.05, 4.69) is 31.2 Å². The standard InChI is InChI=1S/C19H16BrN3O/c1-2-13(16-9-8-15(20)12-22-16)11-18(24)23-17-7-3-5-14-6-4-10-21-19(14)17/h3-12H,2H2,1H3,(H,23,24)/b13-11-. The predicted octanol–water partition coefficient (Wildman–Crippen LogP) is 4.82. The van der Waals surface area contributed by atoms with E-state index in [1.807, 2.05) is 49.4 Å². The van der Waals surface area contributed by atoms with Crippen molar-refractivity contribution in [2.75, 3.05) is 5.32 Å². The van der Waals surface area contributed by atoms with Crippen LogP contribution in [0.25, 0.3) is 16.5 Å². The van der Waals surface area contributed by atoms with Gasteiger partial charge in [0.15, 0.2) is 0 Å². The monoisotopic (exact) mass is 381 g/mol. The van der Waals surface area contributed by atoms with Crippen LogP contribution in [0.5, 0.6) is 0 Å². The fraction of sp³-hybridized carbons (Fsp3) is 0.105. The van der Waals surface area contributed by atoms with E-state index in [-0.39, 0.29) is 5.91 Å². The molecule has 0 saturated heterocycles. The number of rotatable bonds is 4. The highest BCUT2D eigenvalue weighted by Crippen LogP contribution is 2.22. The average molecular weight is 382 g/mol. The van der Waals surface area contributed by atoms with E-state index in [1.54, 1.807) is 18.5 Å². The molecule has 2 heterocycles. The van der Waals surface area contributed by atoms with Gasteiger partial charge in [-0.3, -0.25) is 14.8 Å². The first-order valence-corrected chi connectivity index (χ1v) is 8.44. The average Bonchev–Trinajstić information content (AvgIpc) is 2.61. The number of aromatic nitrogens is 2. The maximum atomic E-state index is 12.4. The second kappa shape index (κ2) is 7.36. The van der Waals surface area contributed by atoms with Gasteiger partial charge in [0.1, 0.15) is 0 Å². The van der Waals surface area contributed by atoms with Crippen molar-refractivity contribution >= 4 is 44.0 Å². The number of allylic oxidation sites excluding steroid dienone is 1. The Hall–Kier alpha value is -2.53. The van der Waals surface area contributed by atoms with Gasteiger partial charge in [-0.15, -0.1) is 0 Å². The molecule has 0 aliphatic rings. The van der Waals surface area contributed by atoms with Crippen LogP contribution >= 0.6 is 15.9 Å². The van der Waals surface area contributed by atoms with Crippen molar-refractivity contribution in [3.63, 3.8) is 0 Å². The van der Waals surface area contributed by atoms with Gasteiger partial charge in [-0.25, -0.2) is 0 Å². The number of hydrogen-bond donors (Lipinski definition) is 1. The molecule has 0 unspecified atom stereocenters. The summed E-state index contributed by atoms with van der Waals surface area (Å²) in [6.45, 7) is 2.00. The van der Waals surface area contributed by atoms with Gasteiger partial charge in [-0.2, -0.15) is 0 Å². The summed E-state index contributed by atoms with van der Waals surface area (Å²) in [6.07, 6.45) is 5.76. The molecule has 4 nitrogen and oxygen atoms in total. The van der Waals surface area contributed by atoms with Crippen molar-refractivity contribution in [1.29, 1.82) is 0 Å². The SMILES string of the molecule is CC/C(=C/C(=O)Nc1cccc2cccnc12)c1ccc(Br)cn1. The molecule has 3 rings (SSSR count). The lowest BCUT2D eigenvalue weighted by atomic mass is 10.1. The van der Waals surface area contributed by atoms with Gasteiger partial charge in [0, 0.05) is 28.3 Å². The van der Waals surface area contributed by atoms with Crippen LogP contribution in [0.1, 0.15) is 19.0 Å². The number of pyridine rings is 2. The molecule has 5 heteroatoms. The summed E-state index contributed by atoms with van der Waals surface area (Å²) in [4.78, 5) is 21.1. The Balaban J connectivity index is 1.86. The van der Waals surface area contributed by atoms with Crippen molar-refractivity contribution in [3.8, 4) is 0 Å². The summed E-state index contributed by atoms with van der Waals surface area (Å²) >= 11 is 3.37. The molecule has 3 aromatic rings. The first-order chi connectivity index (χ1) is 11.7. The van der Waals surface area contributed by atoms with E-state index >= 15 is 0 Å². The molecule has 120 valence electrons. The number of para-hydroxylation sites is 1. The Labute approximate surface area is 148 Å². The molecule has 1 N–H and O–H groups in total. The molecule has 0 aliphatic carbocycles. The Morgan fingerprint density at radius 3 is 2.75 bits per heavy atom. The van der Waals surface area contributed by atoms with E-state index < -0.39 is 0 Å². The zero-order chi connectivity index (χ0) is 16.9. The zero-order valence-electron chi connectivity index (χ0n) is 13.2. The van der Waals surface area contributed by atoms with Crippen molar-refractivity contribution in [2.24, 2.45) is 0 Å². The zero-order valence-corrected chi connectivity index (χ0v) is 14.7. The molecule has 1 amide bonds. The van der Waals surface area contributed by atoms with Gasteiger partial charge in [0.25, 0.3) is 0 Å². The van der Waals surface area contributed by atoms with Crippen LogP contribution in [0.2, 0.25) is 0 Å². The fourth-order valence-corrected chi connectivity index (χ4v) is 2.69. The molecule has 0 bridgehead atoms. The predicted molar refractivity (Wildman–Crippen MR) is 101 cm³/mol. The number of fused-ring (bicyclic) bond motifs is 1. The Morgan fingerprint density at radius 1 is 1.17 bits per heavy atom. The normalized spacial score (nSPS) is 11.5. The molecule has 0 saturated carbocycles. The summed E-state index contributed by atoms with van der Waals surface area (Å²) in [6, 6.07) is 13.4. The van der Waals surface area contributed by atoms with Crippen molar-refractivity contribution in [3.05, 3.63) is 71.1 Å². The third kappa shape index (κ3) is 3.68. The quantitative estimate of drug-likeness (QED) is 0.658. The number of carbonyl (C=O) groups is 1. The Bertz CT molecular complexity index is 899. The summed E-state index contributed by atoms with van der Waals surface area (Å²) in [5, 5.41) is 3.91. The van der Waals surface area contributed by atoms with E-state index in [0.717, 1.165) is 33.1 Å². The minimum absolute atomic E-state index is 0.185. The maximum absolute atomic E-state index is 12.4. The van der Waals surface area contributed by atoms with Crippen molar-refractivity contribution in [1.82, 2.24) is 9.97 Å². The van der Waals surface area contributed by atoms with E-state index in [0.29, 0.717) is 5.69 Å². The number of hydrogen-bond acceptors (Lipinski definition) is 3. The molecule has 0 spiro atoms. The number of carbonyl (C=O) groups excluding carboxylic acids is 1. The lowest BCUT2D eigenvalue weighted by Crippen LogP contribution is -2.09. The molecule has 24 heavy (non-hydrogen) atoms. The number of amides is 1. The molecule has 0 fully saturated rings. The number of nitrogens with zero attached hydrogens (tertiary/aromatic N) is 2. The number of halogens is 1. The van der Waals surface area contributed by atoms with Crippen LogP contribution in [0.4, 0.5) is 5.69 Å². The number of nitrogens with one attached hydrogen (secondary N) is 1. The molecule has 2 aromatic heterocycles. The fourth-order valence-electron chi connectivity index (χ4n) is 2.46. The van der Waals surface area contributed by atoms with Crippen LogP contribution in [-0.4, -0.2) is 15.9 Å². The highest BCUT2D eigenvalue weighted by molar-refractivity contribution is 9.10. The van der Waals surface area contributed by atoms with E-state index in [4.69, 9.17) is 0 Å². The third-order valence-electron chi connectivity index (χ3n) is 3.63. The lowest BCUT2D eigenvalue weighted by molar-refractivity contribution is -0.111. The second-order valence-corrected chi connectivity index (χ2v) is 6.17. The Morgan fingerprint density at radius 2 is 2.00 bits per heavy atom. The van der Waals surface area contributed by atoms with Gasteiger partial charge in [-0.1, -0.05) is 25.1 Å². The minimum Gasteiger partial charge on any atom is -0.321 e. The van der Waals surface area contributed by atoms with Crippen LogP contribution < -0.4 is 5.32 Å². The van der Waals surface area contributed by atoms with Crippen LogP contribution in [0.3, 0.4) is 0 Å². The van der Waals surface area contributed by atoms with E-state index in [1.165, 1.54) is 0 Å². The first kappa shape index (κ1) is 16.3. The van der Waals surface area contributed by atoms with Crippen LogP contribution in [0, 0.1) is 0 Å². The van der Waals surface area contributed by atoms with Gasteiger partial charge in [0.2, 0.25) is 5.91 Å². The first-order valence-electron chi connectivity index (χ1n) is 7.64. The lowest BCUT2D eigenvalue weighted by Gasteiger charge is -2.08. The van der Waals surface area contributed by atoms with Gasteiger partial charge >= 0.3 is 0 Å². The smallest absolute Gasteiger partial charge is 0.248 e. The second-order valence-electron chi connectivity index (χ2n) is 5.25. The van der Waals surface area contributed by atoms with Gasteiger partial charge < -0.3 is 5.32 Å². The molecule has 0 atom stereocenters. The maximum Gasteiger partial charge on any atom is 0.248 e. The molecule has 0 radical (unpaired) electrons. The topological polar surface area (TPSA) is 54.9 Å². The molecule has 1 aromatic carbocycles. The highest BCUT2D eigenvalue weighted by atomic mass is 79.9. The molecular weight excluding hydrogens is 366 g/mol. The summed E-state index contributed by atoms with van der Waals surface area (Å²) < 4.78 is 0.910. The summed E-state index contributed by atoms with van der Waals surface area (Å²) in [5.41, 5.74) is 3.16. The van der Waals surface area contributed by atoms with Crippen molar-refractivity contribution in [2.45, 2.75) is 13.3 Å². The number of anilines is 1. The molecule has 0 aliphatic heterocycles. The van der Waals surface area contributed by atoms with Crippen molar-refractivity contribution < 1.29 is 4.79 Å². The molecular formula is C19H16BrN3O. The number of benzene rings is 1. The van der Waals surface area contributed by atoms with Gasteiger partial charge in [0.05, 0.1) is 16.9 Å². The minimum atomic E-state index is -0.185. The van der Waals surface area contributed by atoms with Crippen LogP contribution in [0.15, 0.2) is 65.4 Å². The van der Waals surface area contributed by atoms with Crippen LogP contribution in [-0.2, 0) is 4.79 Å². The highest BCUT2D eigenvalue weighted by Gasteiger charge is 2.07. The van der Waals surface area contributed by atoms with E-state index in [9.17, 15) is 4.79 Å². The summed E-state index contributed by atoms with van der Waals surface area (Å²) in [7, 11) is 0.